The van der Waals surface area contributed by atoms with Crippen molar-refractivity contribution in [3.63, 3.8) is 0 Å². The predicted octanol–water partition coefficient (Wildman–Crippen LogP) is 2.48. The van der Waals surface area contributed by atoms with Crippen molar-refractivity contribution in [3.05, 3.63) is 24.3 Å². The van der Waals surface area contributed by atoms with Crippen molar-refractivity contribution in [3.8, 4) is 5.75 Å². The molecule has 0 bridgehead atoms. The van der Waals surface area contributed by atoms with Gasteiger partial charge in [0.15, 0.2) is 5.38 Å². The molecule has 15 heavy (non-hydrogen) atoms. The van der Waals surface area contributed by atoms with E-state index in [4.69, 9.17) is 21.4 Å². The van der Waals surface area contributed by atoms with Crippen LogP contribution in [0.3, 0.4) is 0 Å². The predicted molar refractivity (Wildman–Crippen MR) is 61.0 cm³/mol. The second kappa shape index (κ2) is 5.88. The van der Waals surface area contributed by atoms with Crippen LogP contribution in [0.25, 0.3) is 0 Å². The maximum Gasteiger partial charge on any atom is 0.325 e. The molecule has 1 aromatic carbocycles. The minimum Gasteiger partial charge on any atom is -0.491 e. The fourth-order valence-electron chi connectivity index (χ4n) is 0.913. The molecular formula is C10H11ClO3S. The van der Waals surface area contributed by atoms with Crippen molar-refractivity contribution in [2.45, 2.75) is 10.3 Å². The minimum absolute atomic E-state index is 0.0322. The summed E-state index contributed by atoms with van der Waals surface area (Å²) in [5, 5.41) is 7.52. The lowest BCUT2D eigenvalue weighted by Gasteiger charge is -2.08. The number of carboxylic acid groups (broad SMARTS) is 1. The number of thioether (sulfide) groups is 1. The third kappa shape index (κ3) is 4.01. The van der Waals surface area contributed by atoms with Gasteiger partial charge in [0, 0.05) is 4.90 Å². The zero-order valence-electron chi connectivity index (χ0n) is 8.14. The van der Waals surface area contributed by atoms with Crippen LogP contribution >= 0.6 is 23.4 Å². The average molecular weight is 247 g/mol. The normalized spacial score (nSPS) is 12.1. The molecule has 1 atom stereocenters. The first-order valence-electron chi connectivity index (χ1n) is 4.27. The molecule has 1 unspecified atom stereocenters. The SMILES string of the molecule is CSc1ccc(OCC(Cl)C(=O)O)cc1. The largest absolute Gasteiger partial charge is 0.491 e. The molecule has 1 rings (SSSR count). The molecule has 1 aromatic rings. The van der Waals surface area contributed by atoms with Crippen LogP contribution in [0.15, 0.2) is 29.2 Å². The molecule has 0 fully saturated rings. The Morgan fingerprint density at radius 2 is 2.13 bits per heavy atom. The highest BCUT2D eigenvalue weighted by Crippen LogP contribution is 2.19. The number of carbonyl (C=O) groups is 1. The summed E-state index contributed by atoms with van der Waals surface area (Å²) in [5.74, 6) is -0.447. The summed E-state index contributed by atoms with van der Waals surface area (Å²) >= 11 is 7.13. The summed E-state index contributed by atoms with van der Waals surface area (Å²) in [5.41, 5.74) is 0. The highest BCUT2D eigenvalue weighted by atomic mass is 35.5. The van der Waals surface area contributed by atoms with Gasteiger partial charge in [-0.25, -0.2) is 0 Å². The van der Waals surface area contributed by atoms with Crippen molar-refractivity contribution < 1.29 is 14.6 Å². The maximum atomic E-state index is 10.4. The maximum absolute atomic E-state index is 10.4. The number of aliphatic carboxylic acids is 1. The van der Waals surface area contributed by atoms with Crippen LogP contribution in [0, 0.1) is 0 Å². The standard InChI is InChI=1S/C10H11ClO3S/c1-15-8-4-2-7(3-5-8)14-6-9(11)10(12)13/h2-5,9H,6H2,1H3,(H,12,13). The van der Waals surface area contributed by atoms with Crippen LogP contribution in [0.1, 0.15) is 0 Å². The average Bonchev–Trinajstić information content (AvgIpc) is 2.26. The van der Waals surface area contributed by atoms with Crippen molar-refractivity contribution in [2.75, 3.05) is 12.9 Å². The van der Waals surface area contributed by atoms with E-state index in [0.29, 0.717) is 5.75 Å². The summed E-state index contributed by atoms with van der Waals surface area (Å²) in [6, 6.07) is 7.39. The Hall–Kier alpha value is -0.870. The number of hydrogen-bond acceptors (Lipinski definition) is 3. The van der Waals surface area contributed by atoms with E-state index in [-0.39, 0.29) is 6.61 Å². The molecule has 0 aliphatic rings. The summed E-state index contributed by atoms with van der Waals surface area (Å²) in [6.07, 6.45) is 1.98. The molecule has 1 N–H and O–H groups in total. The molecule has 0 saturated carbocycles. The van der Waals surface area contributed by atoms with E-state index < -0.39 is 11.3 Å². The topological polar surface area (TPSA) is 46.5 Å². The summed E-state index contributed by atoms with van der Waals surface area (Å²) in [6.45, 7) is -0.0322. The van der Waals surface area contributed by atoms with Gasteiger partial charge in [0.2, 0.25) is 0 Å². The van der Waals surface area contributed by atoms with E-state index in [1.807, 2.05) is 18.4 Å². The Labute approximate surface area is 97.4 Å². The van der Waals surface area contributed by atoms with Crippen molar-refractivity contribution in [2.24, 2.45) is 0 Å². The first-order valence-corrected chi connectivity index (χ1v) is 5.93. The van der Waals surface area contributed by atoms with Crippen LogP contribution in [-0.4, -0.2) is 29.3 Å². The lowest BCUT2D eigenvalue weighted by atomic mass is 10.3. The number of benzene rings is 1. The highest BCUT2D eigenvalue weighted by Gasteiger charge is 2.13. The van der Waals surface area contributed by atoms with E-state index in [1.165, 1.54) is 0 Å². The molecule has 0 aromatic heterocycles. The Balaban J connectivity index is 2.47. The number of alkyl halides is 1. The Bertz CT molecular complexity index is 326. The van der Waals surface area contributed by atoms with E-state index in [0.717, 1.165) is 4.90 Å². The Kier molecular flexibility index (Phi) is 4.78. The summed E-state index contributed by atoms with van der Waals surface area (Å²) in [7, 11) is 0. The second-order valence-electron chi connectivity index (χ2n) is 2.79. The summed E-state index contributed by atoms with van der Waals surface area (Å²) < 4.78 is 5.21. The second-order valence-corrected chi connectivity index (χ2v) is 4.20. The zero-order valence-corrected chi connectivity index (χ0v) is 9.72. The van der Waals surface area contributed by atoms with Gasteiger partial charge in [-0.1, -0.05) is 0 Å². The van der Waals surface area contributed by atoms with Crippen molar-refractivity contribution in [1.82, 2.24) is 0 Å². The zero-order chi connectivity index (χ0) is 11.3. The van der Waals surface area contributed by atoms with Crippen molar-refractivity contribution >= 4 is 29.3 Å². The molecular weight excluding hydrogens is 236 g/mol. The fraction of sp³-hybridized carbons (Fsp3) is 0.300. The number of ether oxygens (including phenoxy) is 1. The van der Waals surface area contributed by atoms with Crippen LogP contribution in [-0.2, 0) is 4.79 Å². The number of hydrogen-bond donors (Lipinski definition) is 1. The van der Waals surface area contributed by atoms with Crippen molar-refractivity contribution in [1.29, 1.82) is 0 Å². The van der Waals surface area contributed by atoms with Gasteiger partial charge in [-0.2, -0.15) is 0 Å². The number of carboxylic acids is 1. The fourth-order valence-corrected chi connectivity index (χ4v) is 1.38. The third-order valence-corrected chi connectivity index (χ3v) is 2.78. The molecule has 0 aliphatic carbocycles. The third-order valence-electron chi connectivity index (χ3n) is 1.72. The Morgan fingerprint density at radius 1 is 1.53 bits per heavy atom. The highest BCUT2D eigenvalue weighted by molar-refractivity contribution is 7.98. The first kappa shape index (κ1) is 12.2. The smallest absolute Gasteiger partial charge is 0.325 e. The van der Waals surface area contributed by atoms with E-state index in [1.54, 1.807) is 23.9 Å². The van der Waals surface area contributed by atoms with Gasteiger partial charge in [0.25, 0.3) is 0 Å². The van der Waals surface area contributed by atoms with Crippen LogP contribution < -0.4 is 4.74 Å². The lowest BCUT2D eigenvalue weighted by molar-refractivity contribution is -0.137. The molecule has 0 spiro atoms. The quantitative estimate of drug-likeness (QED) is 0.641. The summed E-state index contributed by atoms with van der Waals surface area (Å²) in [4.78, 5) is 11.5. The molecule has 0 aliphatic heterocycles. The molecule has 0 saturated heterocycles. The van der Waals surface area contributed by atoms with Crippen LogP contribution in [0.5, 0.6) is 5.75 Å². The molecule has 3 nitrogen and oxygen atoms in total. The van der Waals surface area contributed by atoms with Gasteiger partial charge >= 0.3 is 5.97 Å². The molecule has 5 heteroatoms. The van der Waals surface area contributed by atoms with Gasteiger partial charge in [-0.15, -0.1) is 23.4 Å². The number of halogens is 1. The molecule has 82 valence electrons. The van der Waals surface area contributed by atoms with Gasteiger partial charge < -0.3 is 9.84 Å². The minimum atomic E-state index is -1.07. The van der Waals surface area contributed by atoms with Crippen LogP contribution in [0.4, 0.5) is 0 Å². The van der Waals surface area contributed by atoms with E-state index in [2.05, 4.69) is 0 Å². The monoisotopic (exact) mass is 246 g/mol. The van der Waals surface area contributed by atoms with E-state index >= 15 is 0 Å². The van der Waals surface area contributed by atoms with E-state index in [9.17, 15) is 4.79 Å². The van der Waals surface area contributed by atoms with Gasteiger partial charge in [0.1, 0.15) is 12.4 Å². The van der Waals surface area contributed by atoms with Crippen LogP contribution in [0.2, 0.25) is 0 Å². The number of rotatable bonds is 5. The first-order chi connectivity index (χ1) is 7.13. The van der Waals surface area contributed by atoms with Gasteiger partial charge in [-0.05, 0) is 30.5 Å². The van der Waals surface area contributed by atoms with Gasteiger partial charge in [-0.3, -0.25) is 4.79 Å². The molecule has 0 radical (unpaired) electrons. The lowest BCUT2D eigenvalue weighted by Crippen LogP contribution is -2.21. The molecule has 0 heterocycles. The van der Waals surface area contributed by atoms with Gasteiger partial charge in [0.05, 0.1) is 0 Å². The Morgan fingerprint density at radius 3 is 2.60 bits per heavy atom. The molecule has 0 amide bonds.